The Morgan fingerprint density at radius 2 is 2.00 bits per heavy atom. The molecule has 1 aliphatic carbocycles. The molecular formula is C15H23BrN2. The fourth-order valence-corrected chi connectivity index (χ4v) is 3.17. The van der Waals surface area contributed by atoms with E-state index in [0.717, 1.165) is 16.7 Å². The quantitative estimate of drug-likeness (QED) is 0.833. The molecule has 18 heavy (non-hydrogen) atoms. The molecule has 0 amide bonds. The zero-order chi connectivity index (χ0) is 13.1. The summed E-state index contributed by atoms with van der Waals surface area (Å²) in [5.41, 5.74) is 8.26. The second-order valence-corrected chi connectivity index (χ2v) is 6.60. The first-order chi connectivity index (χ1) is 8.58. The lowest BCUT2D eigenvalue weighted by Gasteiger charge is -2.33. The second-order valence-electron chi connectivity index (χ2n) is 5.69. The van der Waals surface area contributed by atoms with E-state index >= 15 is 0 Å². The van der Waals surface area contributed by atoms with Crippen LogP contribution in [0.2, 0.25) is 0 Å². The van der Waals surface area contributed by atoms with Gasteiger partial charge in [-0.05, 0) is 37.0 Å². The van der Waals surface area contributed by atoms with Crippen molar-refractivity contribution in [2.24, 2.45) is 5.92 Å². The van der Waals surface area contributed by atoms with E-state index in [1.165, 1.54) is 31.4 Å². The van der Waals surface area contributed by atoms with Crippen molar-refractivity contribution in [1.29, 1.82) is 0 Å². The number of nitrogens with zero attached hydrogens (tertiary/aromatic N) is 1. The van der Waals surface area contributed by atoms with Crippen LogP contribution in [0.15, 0.2) is 22.7 Å². The molecule has 3 heteroatoms. The maximum atomic E-state index is 6.17. The summed E-state index contributed by atoms with van der Waals surface area (Å²) in [5.74, 6) is 0.656. The highest BCUT2D eigenvalue weighted by atomic mass is 79.9. The molecule has 2 nitrogen and oxygen atoms in total. The van der Waals surface area contributed by atoms with Crippen molar-refractivity contribution >= 4 is 27.3 Å². The lowest BCUT2D eigenvalue weighted by Crippen LogP contribution is -2.36. The van der Waals surface area contributed by atoms with E-state index in [1.54, 1.807) is 0 Å². The van der Waals surface area contributed by atoms with Gasteiger partial charge in [-0.3, -0.25) is 0 Å². The third-order valence-electron chi connectivity index (χ3n) is 3.63. The Morgan fingerprint density at radius 1 is 1.33 bits per heavy atom. The summed E-state index contributed by atoms with van der Waals surface area (Å²) in [6.07, 6.45) is 5.32. The van der Waals surface area contributed by atoms with Gasteiger partial charge in [-0.1, -0.05) is 42.6 Å². The summed E-state index contributed by atoms with van der Waals surface area (Å²) in [6, 6.07) is 6.85. The molecule has 0 bridgehead atoms. The van der Waals surface area contributed by atoms with Crippen molar-refractivity contribution in [1.82, 2.24) is 0 Å². The average molecular weight is 311 g/mol. The van der Waals surface area contributed by atoms with Crippen LogP contribution in [0, 0.1) is 5.92 Å². The number of anilines is 2. The van der Waals surface area contributed by atoms with E-state index < -0.39 is 0 Å². The number of benzene rings is 1. The molecule has 0 aliphatic heterocycles. The molecule has 0 atom stereocenters. The number of hydrogen-bond donors (Lipinski definition) is 1. The van der Waals surface area contributed by atoms with Gasteiger partial charge in [0.15, 0.2) is 0 Å². The Labute approximate surface area is 119 Å². The van der Waals surface area contributed by atoms with E-state index in [9.17, 15) is 0 Å². The monoisotopic (exact) mass is 310 g/mol. The fraction of sp³-hybridized carbons (Fsp3) is 0.600. The van der Waals surface area contributed by atoms with E-state index in [1.807, 2.05) is 12.1 Å². The highest BCUT2D eigenvalue weighted by Gasteiger charge is 2.24. The second kappa shape index (κ2) is 5.96. The smallest absolute Gasteiger partial charge is 0.0613 e. The third-order valence-corrected chi connectivity index (χ3v) is 4.12. The van der Waals surface area contributed by atoms with Gasteiger partial charge < -0.3 is 10.6 Å². The summed E-state index contributed by atoms with van der Waals surface area (Å²) in [6.45, 7) is 5.64. The van der Waals surface area contributed by atoms with Gasteiger partial charge in [0.1, 0.15) is 0 Å². The van der Waals surface area contributed by atoms with Gasteiger partial charge in [0, 0.05) is 17.1 Å². The highest BCUT2D eigenvalue weighted by Crippen LogP contribution is 2.34. The van der Waals surface area contributed by atoms with Crippen LogP contribution in [0.5, 0.6) is 0 Å². The van der Waals surface area contributed by atoms with E-state index in [2.05, 4.69) is 40.7 Å². The van der Waals surface area contributed by atoms with Crippen LogP contribution in [0.1, 0.15) is 39.5 Å². The first-order valence-electron chi connectivity index (χ1n) is 6.89. The molecule has 1 aromatic carbocycles. The molecule has 0 heterocycles. The van der Waals surface area contributed by atoms with Crippen molar-refractivity contribution in [3.8, 4) is 0 Å². The van der Waals surface area contributed by atoms with Crippen molar-refractivity contribution < 1.29 is 0 Å². The van der Waals surface area contributed by atoms with Gasteiger partial charge in [-0.25, -0.2) is 0 Å². The molecule has 0 saturated heterocycles. The average Bonchev–Trinajstić information content (AvgIpc) is 2.82. The van der Waals surface area contributed by atoms with E-state index in [-0.39, 0.29) is 0 Å². The minimum absolute atomic E-state index is 0.656. The summed E-state index contributed by atoms with van der Waals surface area (Å²) >= 11 is 3.56. The highest BCUT2D eigenvalue weighted by molar-refractivity contribution is 9.10. The maximum Gasteiger partial charge on any atom is 0.0613 e. The molecule has 0 radical (unpaired) electrons. The standard InChI is InChI=1S/C15H23BrN2/c1-11(2)10-18(13-5-3-4-6-13)15-9-12(16)7-8-14(15)17/h7-9,11,13H,3-6,10,17H2,1-2H3. The molecule has 2 N–H and O–H groups in total. The minimum Gasteiger partial charge on any atom is -0.397 e. The predicted octanol–water partition coefficient (Wildman–Crippen LogP) is 4.44. The molecule has 1 saturated carbocycles. The Kier molecular flexibility index (Phi) is 4.55. The van der Waals surface area contributed by atoms with Crippen LogP contribution >= 0.6 is 15.9 Å². The number of rotatable bonds is 4. The Morgan fingerprint density at radius 3 is 2.61 bits per heavy atom. The number of nitrogens with two attached hydrogens (primary N) is 1. The molecular weight excluding hydrogens is 288 g/mol. The van der Waals surface area contributed by atoms with Gasteiger partial charge in [0.25, 0.3) is 0 Å². The van der Waals surface area contributed by atoms with Crippen molar-refractivity contribution in [2.45, 2.75) is 45.6 Å². The van der Waals surface area contributed by atoms with Crippen LogP contribution in [-0.2, 0) is 0 Å². The zero-order valence-corrected chi connectivity index (χ0v) is 12.9. The molecule has 1 aromatic rings. The van der Waals surface area contributed by atoms with E-state index in [4.69, 9.17) is 5.73 Å². The minimum atomic E-state index is 0.656. The Balaban J connectivity index is 2.29. The Hall–Kier alpha value is -0.700. The number of halogens is 1. The van der Waals surface area contributed by atoms with Crippen LogP contribution < -0.4 is 10.6 Å². The molecule has 100 valence electrons. The van der Waals surface area contributed by atoms with Gasteiger partial charge in [-0.2, -0.15) is 0 Å². The van der Waals surface area contributed by atoms with Gasteiger partial charge in [0.2, 0.25) is 0 Å². The topological polar surface area (TPSA) is 29.3 Å². The van der Waals surface area contributed by atoms with Gasteiger partial charge in [0.05, 0.1) is 11.4 Å². The molecule has 1 fully saturated rings. The molecule has 0 aromatic heterocycles. The summed E-state index contributed by atoms with van der Waals surface area (Å²) in [4.78, 5) is 2.53. The van der Waals surface area contributed by atoms with Crippen LogP contribution in [-0.4, -0.2) is 12.6 Å². The molecule has 0 unspecified atom stereocenters. The van der Waals surface area contributed by atoms with Crippen LogP contribution in [0.4, 0.5) is 11.4 Å². The van der Waals surface area contributed by atoms with Crippen LogP contribution in [0.3, 0.4) is 0 Å². The van der Waals surface area contributed by atoms with Crippen molar-refractivity contribution in [2.75, 3.05) is 17.2 Å². The van der Waals surface area contributed by atoms with Crippen LogP contribution in [0.25, 0.3) is 0 Å². The van der Waals surface area contributed by atoms with Gasteiger partial charge in [-0.15, -0.1) is 0 Å². The molecule has 1 aliphatic rings. The predicted molar refractivity (Wildman–Crippen MR) is 83.0 cm³/mol. The maximum absolute atomic E-state index is 6.17. The normalized spacial score (nSPS) is 16.4. The Bertz CT molecular complexity index is 397. The summed E-state index contributed by atoms with van der Waals surface area (Å²) < 4.78 is 1.11. The molecule has 0 spiro atoms. The number of nitrogen functional groups attached to an aromatic ring is 1. The first-order valence-corrected chi connectivity index (χ1v) is 7.69. The fourth-order valence-electron chi connectivity index (χ4n) is 2.82. The molecule has 2 rings (SSSR count). The van der Waals surface area contributed by atoms with Gasteiger partial charge >= 0.3 is 0 Å². The summed E-state index contributed by atoms with van der Waals surface area (Å²) in [5, 5.41) is 0. The van der Waals surface area contributed by atoms with Crippen molar-refractivity contribution in [3.05, 3.63) is 22.7 Å². The lowest BCUT2D eigenvalue weighted by atomic mass is 10.1. The first kappa shape index (κ1) is 13.7. The summed E-state index contributed by atoms with van der Waals surface area (Å²) in [7, 11) is 0. The number of hydrogen-bond acceptors (Lipinski definition) is 2. The van der Waals surface area contributed by atoms with E-state index in [0.29, 0.717) is 12.0 Å². The zero-order valence-electron chi connectivity index (χ0n) is 11.3. The SMILES string of the molecule is CC(C)CN(c1cc(Br)ccc1N)C1CCCC1. The van der Waals surface area contributed by atoms with Crippen molar-refractivity contribution in [3.63, 3.8) is 0 Å². The largest absolute Gasteiger partial charge is 0.397 e. The third kappa shape index (κ3) is 3.19. The lowest BCUT2D eigenvalue weighted by molar-refractivity contribution is 0.536.